The van der Waals surface area contributed by atoms with E-state index in [0.717, 1.165) is 6.42 Å². The largest absolute Gasteiger partial charge is 0.478 e. The van der Waals surface area contributed by atoms with E-state index in [1.807, 2.05) is 18.7 Å². The molecule has 2 rings (SSSR count). The standard InChI is InChI=1S/C14H18N2O5/c1-3-10-8-21-9(2)7-15(10)13-6-11(16(19)20)4-5-12(13)14(17)18/h4-6,9-10H,3,7-8H2,1-2H3,(H,17,18). The Morgan fingerprint density at radius 1 is 1.57 bits per heavy atom. The zero-order valence-corrected chi connectivity index (χ0v) is 12.0. The number of carbonyl (C=O) groups is 1. The summed E-state index contributed by atoms with van der Waals surface area (Å²) in [7, 11) is 0. The second-order valence-electron chi connectivity index (χ2n) is 5.12. The lowest BCUT2D eigenvalue weighted by molar-refractivity contribution is -0.384. The zero-order valence-electron chi connectivity index (χ0n) is 12.0. The maximum atomic E-state index is 11.4. The van der Waals surface area contributed by atoms with Crippen LogP contribution in [-0.2, 0) is 4.74 Å². The van der Waals surface area contributed by atoms with Crippen LogP contribution < -0.4 is 4.90 Å². The lowest BCUT2D eigenvalue weighted by Crippen LogP contribution is -2.49. The SMILES string of the molecule is CCC1COC(C)CN1c1cc([N+](=O)[O-])ccc1C(=O)O. The summed E-state index contributed by atoms with van der Waals surface area (Å²) < 4.78 is 5.59. The summed E-state index contributed by atoms with van der Waals surface area (Å²) in [5, 5.41) is 20.3. The van der Waals surface area contributed by atoms with Crippen LogP contribution in [0.25, 0.3) is 0 Å². The maximum absolute atomic E-state index is 11.4. The Bertz CT molecular complexity index is 560. The molecular weight excluding hydrogens is 276 g/mol. The molecule has 0 amide bonds. The summed E-state index contributed by atoms with van der Waals surface area (Å²) in [4.78, 5) is 23.7. The molecular formula is C14H18N2O5. The number of hydrogen-bond acceptors (Lipinski definition) is 5. The smallest absolute Gasteiger partial charge is 0.337 e. The van der Waals surface area contributed by atoms with E-state index in [2.05, 4.69) is 0 Å². The number of morpholine rings is 1. The van der Waals surface area contributed by atoms with Crippen LogP contribution in [0, 0.1) is 10.1 Å². The molecule has 2 unspecified atom stereocenters. The van der Waals surface area contributed by atoms with Crippen LogP contribution in [0.3, 0.4) is 0 Å². The minimum atomic E-state index is -1.09. The molecule has 1 aliphatic rings. The van der Waals surface area contributed by atoms with Crippen molar-refractivity contribution in [3.8, 4) is 0 Å². The molecule has 7 heteroatoms. The van der Waals surface area contributed by atoms with Crippen LogP contribution in [0.2, 0.25) is 0 Å². The van der Waals surface area contributed by atoms with Crippen molar-refractivity contribution in [1.29, 1.82) is 0 Å². The fourth-order valence-electron chi connectivity index (χ4n) is 2.53. The van der Waals surface area contributed by atoms with Gasteiger partial charge in [0.25, 0.3) is 5.69 Å². The lowest BCUT2D eigenvalue weighted by Gasteiger charge is -2.40. The molecule has 2 atom stereocenters. The van der Waals surface area contributed by atoms with Crippen LogP contribution in [0.4, 0.5) is 11.4 Å². The van der Waals surface area contributed by atoms with Gasteiger partial charge >= 0.3 is 5.97 Å². The van der Waals surface area contributed by atoms with Gasteiger partial charge in [0, 0.05) is 18.7 Å². The molecule has 0 aromatic heterocycles. The quantitative estimate of drug-likeness (QED) is 0.676. The highest BCUT2D eigenvalue weighted by Crippen LogP contribution is 2.30. The molecule has 0 spiro atoms. The van der Waals surface area contributed by atoms with E-state index in [0.29, 0.717) is 18.8 Å². The molecule has 1 N–H and O–H groups in total. The minimum absolute atomic E-state index is 0.0151. The predicted octanol–water partition coefficient (Wildman–Crippen LogP) is 2.30. The van der Waals surface area contributed by atoms with Crippen LogP contribution in [0.15, 0.2) is 18.2 Å². The van der Waals surface area contributed by atoms with Crippen molar-refractivity contribution in [2.75, 3.05) is 18.1 Å². The van der Waals surface area contributed by atoms with E-state index in [1.54, 1.807) is 0 Å². The second-order valence-corrected chi connectivity index (χ2v) is 5.12. The third-order valence-electron chi connectivity index (χ3n) is 3.67. The zero-order chi connectivity index (χ0) is 15.6. The van der Waals surface area contributed by atoms with Crippen LogP contribution >= 0.6 is 0 Å². The summed E-state index contributed by atoms with van der Waals surface area (Å²) in [6, 6.07) is 3.87. The number of benzene rings is 1. The van der Waals surface area contributed by atoms with Gasteiger partial charge in [0.15, 0.2) is 0 Å². The second kappa shape index (κ2) is 6.09. The minimum Gasteiger partial charge on any atom is -0.478 e. The highest BCUT2D eigenvalue weighted by molar-refractivity contribution is 5.95. The highest BCUT2D eigenvalue weighted by atomic mass is 16.6. The van der Waals surface area contributed by atoms with Crippen LogP contribution in [0.1, 0.15) is 30.6 Å². The van der Waals surface area contributed by atoms with Crippen LogP contribution in [0.5, 0.6) is 0 Å². The Balaban J connectivity index is 2.49. The maximum Gasteiger partial charge on any atom is 0.337 e. The monoisotopic (exact) mass is 294 g/mol. The third kappa shape index (κ3) is 3.13. The van der Waals surface area contributed by atoms with Gasteiger partial charge in [-0.2, -0.15) is 0 Å². The summed E-state index contributed by atoms with van der Waals surface area (Å²) in [5.41, 5.74) is 0.357. The number of aromatic carboxylic acids is 1. The number of carboxylic acid groups (broad SMARTS) is 1. The van der Waals surface area contributed by atoms with Crippen LogP contribution in [-0.4, -0.2) is 41.3 Å². The first-order chi connectivity index (χ1) is 9.93. The van der Waals surface area contributed by atoms with E-state index < -0.39 is 10.9 Å². The summed E-state index contributed by atoms with van der Waals surface area (Å²) in [5.74, 6) is -1.09. The number of ether oxygens (including phenoxy) is 1. The number of hydrogen-bond donors (Lipinski definition) is 1. The van der Waals surface area contributed by atoms with Gasteiger partial charge in [0.2, 0.25) is 0 Å². The normalized spacial score (nSPS) is 22.1. The Morgan fingerprint density at radius 2 is 2.29 bits per heavy atom. The molecule has 1 aliphatic heterocycles. The van der Waals surface area contributed by atoms with Gasteiger partial charge in [0.1, 0.15) is 0 Å². The molecule has 0 aliphatic carbocycles. The molecule has 0 saturated carbocycles. The van der Waals surface area contributed by atoms with Crippen molar-refractivity contribution in [2.45, 2.75) is 32.4 Å². The molecule has 1 aromatic rings. The molecule has 1 saturated heterocycles. The summed E-state index contributed by atoms with van der Waals surface area (Å²) >= 11 is 0. The third-order valence-corrected chi connectivity index (χ3v) is 3.67. The number of nitro groups is 1. The molecule has 1 aromatic carbocycles. The first-order valence-electron chi connectivity index (χ1n) is 6.84. The molecule has 0 radical (unpaired) electrons. The predicted molar refractivity (Wildman–Crippen MR) is 76.9 cm³/mol. The first-order valence-corrected chi connectivity index (χ1v) is 6.84. The van der Waals surface area contributed by atoms with Crippen molar-refractivity contribution < 1.29 is 19.6 Å². The van der Waals surface area contributed by atoms with Gasteiger partial charge in [-0.25, -0.2) is 4.79 Å². The fraction of sp³-hybridized carbons (Fsp3) is 0.500. The summed E-state index contributed by atoms with van der Waals surface area (Å²) in [6.07, 6.45) is 0.725. The Kier molecular flexibility index (Phi) is 4.42. The van der Waals surface area contributed by atoms with Gasteiger partial charge in [-0.05, 0) is 19.4 Å². The molecule has 0 bridgehead atoms. The van der Waals surface area contributed by atoms with Crippen molar-refractivity contribution in [3.63, 3.8) is 0 Å². The number of non-ortho nitro benzene ring substituents is 1. The van der Waals surface area contributed by atoms with Gasteiger partial charge in [-0.15, -0.1) is 0 Å². The molecule has 7 nitrogen and oxygen atoms in total. The van der Waals surface area contributed by atoms with Gasteiger partial charge < -0.3 is 14.7 Å². The van der Waals surface area contributed by atoms with Gasteiger partial charge in [-0.3, -0.25) is 10.1 Å². The molecule has 114 valence electrons. The first kappa shape index (κ1) is 15.2. The Hall–Kier alpha value is -2.15. The molecule has 1 heterocycles. The average molecular weight is 294 g/mol. The fourth-order valence-corrected chi connectivity index (χ4v) is 2.53. The average Bonchev–Trinajstić information content (AvgIpc) is 2.46. The van der Waals surface area contributed by atoms with E-state index in [1.165, 1.54) is 18.2 Å². The summed E-state index contributed by atoms with van der Waals surface area (Å²) in [6.45, 7) is 4.88. The van der Waals surface area contributed by atoms with Crippen molar-refractivity contribution in [2.24, 2.45) is 0 Å². The number of anilines is 1. The lowest BCUT2D eigenvalue weighted by atomic mass is 10.1. The van der Waals surface area contributed by atoms with E-state index in [-0.39, 0.29) is 23.4 Å². The van der Waals surface area contributed by atoms with Gasteiger partial charge in [-0.1, -0.05) is 6.92 Å². The van der Waals surface area contributed by atoms with Crippen molar-refractivity contribution in [3.05, 3.63) is 33.9 Å². The molecule has 1 fully saturated rings. The number of rotatable bonds is 4. The Morgan fingerprint density at radius 3 is 2.86 bits per heavy atom. The number of nitrogens with zero attached hydrogens (tertiary/aromatic N) is 2. The van der Waals surface area contributed by atoms with E-state index in [9.17, 15) is 20.0 Å². The number of nitro benzene ring substituents is 1. The van der Waals surface area contributed by atoms with E-state index >= 15 is 0 Å². The van der Waals surface area contributed by atoms with E-state index in [4.69, 9.17) is 4.74 Å². The van der Waals surface area contributed by atoms with Gasteiger partial charge in [0.05, 0.1) is 34.9 Å². The van der Waals surface area contributed by atoms with Crippen molar-refractivity contribution >= 4 is 17.3 Å². The topological polar surface area (TPSA) is 92.9 Å². The number of carboxylic acids is 1. The Labute approximate surface area is 122 Å². The molecule has 21 heavy (non-hydrogen) atoms. The highest BCUT2D eigenvalue weighted by Gasteiger charge is 2.29. The van der Waals surface area contributed by atoms with Crippen molar-refractivity contribution in [1.82, 2.24) is 0 Å².